The number of nitrogens with zero attached hydrogens (tertiary/aromatic N) is 2. The van der Waals surface area contributed by atoms with Crippen LogP contribution in [0.2, 0.25) is 0 Å². The maximum atomic E-state index is 13.8. The smallest absolute Gasteiger partial charge is 0.266 e. The van der Waals surface area contributed by atoms with Crippen LogP contribution in [-0.2, 0) is 17.6 Å². The summed E-state index contributed by atoms with van der Waals surface area (Å²) in [7, 11) is 0. The number of thiophene rings is 1. The van der Waals surface area contributed by atoms with Gasteiger partial charge in [0.1, 0.15) is 22.4 Å². The van der Waals surface area contributed by atoms with Crippen LogP contribution in [0.3, 0.4) is 0 Å². The van der Waals surface area contributed by atoms with E-state index in [0.29, 0.717) is 23.6 Å². The van der Waals surface area contributed by atoms with Gasteiger partial charge < -0.3 is 19.9 Å². The number of hydrogen-bond donors (Lipinski definition) is 2. The lowest BCUT2D eigenvalue weighted by molar-refractivity contribution is -0.112. The average molecular weight is 579 g/mol. The number of aromatic nitrogens is 1. The highest BCUT2D eigenvalue weighted by Gasteiger charge is 2.28. The quantitative estimate of drug-likeness (QED) is 0.167. The van der Waals surface area contributed by atoms with E-state index >= 15 is 0 Å². The Morgan fingerprint density at radius 1 is 1.00 bits per heavy atom. The van der Waals surface area contributed by atoms with E-state index in [-0.39, 0.29) is 11.5 Å². The van der Waals surface area contributed by atoms with E-state index in [1.54, 1.807) is 41.7 Å². The Morgan fingerprint density at radius 3 is 2.36 bits per heavy atom. The standard InChI is InChI=1S/C34H34N4O3S/c1-5-41-28-16-14-27(15-17-28)36-32(39)25(20-35)19-24-18-22(3)38(23(24)4)34-31(29-8-6-7-9-30(29)42-34)33(40)37-26-12-10-21(2)11-13-26/h10-19H,5-9H2,1-4H3,(H,36,39)(H,37,40)/b25-19-. The highest BCUT2D eigenvalue weighted by molar-refractivity contribution is 7.15. The van der Waals surface area contributed by atoms with Gasteiger partial charge in [0.25, 0.3) is 11.8 Å². The van der Waals surface area contributed by atoms with E-state index in [9.17, 15) is 14.9 Å². The van der Waals surface area contributed by atoms with E-state index in [1.165, 1.54) is 4.88 Å². The Balaban J connectivity index is 1.47. The van der Waals surface area contributed by atoms with Crippen molar-refractivity contribution >= 4 is 40.6 Å². The summed E-state index contributed by atoms with van der Waals surface area (Å²) in [5, 5.41) is 16.6. The minimum absolute atomic E-state index is 0.00746. The summed E-state index contributed by atoms with van der Waals surface area (Å²) in [5.41, 5.74) is 6.82. The summed E-state index contributed by atoms with van der Waals surface area (Å²) >= 11 is 1.66. The van der Waals surface area contributed by atoms with Gasteiger partial charge in [-0.25, -0.2) is 0 Å². The van der Waals surface area contributed by atoms with Crippen LogP contribution in [0.15, 0.2) is 60.2 Å². The highest BCUT2D eigenvalue weighted by atomic mass is 32.1. The molecule has 0 saturated carbocycles. The molecule has 2 N–H and O–H groups in total. The first-order chi connectivity index (χ1) is 20.3. The summed E-state index contributed by atoms with van der Waals surface area (Å²) in [6.07, 6.45) is 5.61. The Hall–Kier alpha value is -4.61. The lowest BCUT2D eigenvalue weighted by atomic mass is 9.95. The van der Waals surface area contributed by atoms with Crippen molar-refractivity contribution in [2.45, 2.75) is 53.4 Å². The van der Waals surface area contributed by atoms with Gasteiger partial charge >= 0.3 is 0 Å². The number of ether oxygens (including phenoxy) is 1. The molecule has 4 aromatic rings. The summed E-state index contributed by atoms with van der Waals surface area (Å²) in [4.78, 5) is 28.0. The fraction of sp³-hybridized carbons (Fsp3) is 0.265. The molecule has 42 heavy (non-hydrogen) atoms. The number of nitrogens with one attached hydrogen (secondary N) is 2. The van der Waals surface area contributed by atoms with E-state index in [1.807, 2.05) is 58.0 Å². The van der Waals surface area contributed by atoms with Crippen LogP contribution in [0.4, 0.5) is 11.4 Å². The van der Waals surface area contributed by atoms with Gasteiger partial charge in [-0.2, -0.15) is 5.26 Å². The fourth-order valence-electron chi connectivity index (χ4n) is 5.32. The van der Waals surface area contributed by atoms with Crippen LogP contribution >= 0.6 is 11.3 Å². The molecule has 1 aliphatic carbocycles. The molecular weight excluding hydrogens is 544 g/mol. The van der Waals surface area contributed by atoms with Crippen LogP contribution in [-0.4, -0.2) is 23.0 Å². The number of carbonyl (C=O) groups is 2. The Kier molecular flexibility index (Phi) is 8.60. The van der Waals surface area contributed by atoms with Crippen LogP contribution in [0.5, 0.6) is 5.75 Å². The molecule has 5 rings (SSSR count). The third kappa shape index (κ3) is 6.02. The third-order valence-electron chi connectivity index (χ3n) is 7.45. The predicted octanol–water partition coefficient (Wildman–Crippen LogP) is 7.54. The molecule has 0 bridgehead atoms. The number of anilines is 2. The van der Waals surface area contributed by atoms with Crippen LogP contribution in [0.25, 0.3) is 11.1 Å². The molecule has 0 unspecified atom stereocenters. The normalized spacial score (nSPS) is 12.8. The molecule has 8 heteroatoms. The molecule has 2 heterocycles. The van der Waals surface area contributed by atoms with Gasteiger partial charge in [0, 0.05) is 27.6 Å². The topological polar surface area (TPSA) is 96.2 Å². The number of aryl methyl sites for hydroxylation is 3. The molecule has 214 valence electrons. The molecule has 2 aromatic heterocycles. The molecule has 0 radical (unpaired) electrons. The number of hydrogen-bond acceptors (Lipinski definition) is 5. The Morgan fingerprint density at radius 2 is 1.67 bits per heavy atom. The maximum absolute atomic E-state index is 13.8. The monoisotopic (exact) mass is 578 g/mol. The van der Waals surface area contributed by atoms with E-state index in [2.05, 4.69) is 21.3 Å². The van der Waals surface area contributed by atoms with Crippen molar-refractivity contribution in [3.8, 4) is 16.8 Å². The summed E-state index contributed by atoms with van der Waals surface area (Å²) < 4.78 is 7.54. The maximum Gasteiger partial charge on any atom is 0.266 e. The van der Waals surface area contributed by atoms with Crippen LogP contribution in [0.1, 0.15) is 63.1 Å². The van der Waals surface area contributed by atoms with Gasteiger partial charge in [0.05, 0.1) is 12.2 Å². The minimum Gasteiger partial charge on any atom is -0.494 e. The lowest BCUT2D eigenvalue weighted by Gasteiger charge is -2.14. The number of rotatable bonds is 8. The van der Waals surface area contributed by atoms with Crippen molar-refractivity contribution in [2.24, 2.45) is 0 Å². The molecule has 0 saturated heterocycles. The SMILES string of the molecule is CCOc1ccc(NC(=O)/C(C#N)=C\c2cc(C)n(-c3sc4c(c3C(=O)Nc3ccc(C)cc3)CCCC4)c2C)cc1. The van der Waals surface area contributed by atoms with Crippen molar-refractivity contribution in [1.29, 1.82) is 5.26 Å². The van der Waals surface area contributed by atoms with E-state index < -0.39 is 5.91 Å². The molecule has 0 spiro atoms. The van der Waals surface area contributed by atoms with Gasteiger partial charge in [0.15, 0.2) is 0 Å². The number of carbonyl (C=O) groups excluding carboxylic acids is 2. The van der Waals surface area contributed by atoms with Crippen molar-refractivity contribution in [1.82, 2.24) is 4.57 Å². The third-order valence-corrected chi connectivity index (χ3v) is 8.73. The van der Waals surface area contributed by atoms with Gasteiger partial charge in [-0.05, 0) is 113 Å². The first-order valence-corrected chi connectivity index (χ1v) is 15.0. The van der Waals surface area contributed by atoms with Crippen molar-refractivity contribution in [3.05, 3.63) is 98.7 Å². The Bertz CT molecular complexity index is 1700. The van der Waals surface area contributed by atoms with Gasteiger partial charge in [-0.1, -0.05) is 17.7 Å². The fourth-order valence-corrected chi connectivity index (χ4v) is 6.82. The molecule has 2 aromatic carbocycles. The molecule has 7 nitrogen and oxygen atoms in total. The first-order valence-electron chi connectivity index (χ1n) is 14.2. The second-order valence-corrected chi connectivity index (χ2v) is 11.5. The molecule has 2 amide bonds. The first kappa shape index (κ1) is 28.9. The lowest BCUT2D eigenvalue weighted by Crippen LogP contribution is -2.17. The molecular formula is C34H34N4O3S. The molecule has 1 aliphatic rings. The zero-order valence-corrected chi connectivity index (χ0v) is 25.2. The second-order valence-electron chi connectivity index (χ2n) is 10.5. The zero-order chi connectivity index (χ0) is 29.8. The largest absolute Gasteiger partial charge is 0.494 e. The summed E-state index contributed by atoms with van der Waals surface area (Å²) in [5.74, 6) is 0.0997. The van der Waals surface area contributed by atoms with Gasteiger partial charge in [-0.3, -0.25) is 9.59 Å². The van der Waals surface area contributed by atoms with E-state index in [4.69, 9.17) is 4.74 Å². The van der Waals surface area contributed by atoms with E-state index in [0.717, 1.165) is 64.4 Å². The van der Waals surface area contributed by atoms with Crippen LogP contribution in [0, 0.1) is 32.1 Å². The average Bonchev–Trinajstić information content (AvgIpc) is 3.49. The van der Waals surface area contributed by atoms with Gasteiger partial charge in [-0.15, -0.1) is 11.3 Å². The van der Waals surface area contributed by atoms with Crippen molar-refractivity contribution in [3.63, 3.8) is 0 Å². The summed E-state index contributed by atoms with van der Waals surface area (Å²) in [6.45, 7) is 8.42. The number of amides is 2. The summed E-state index contributed by atoms with van der Waals surface area (Å²) in [6, 6.07) is 18.8. The predicted molar refractivity (Wildman–Crippen MR) is 169 cm³/mol. The van der Waals surface area contributed by atoms with Gasteiger partial charge in [0.2, 0.25) is 0 Å². The van der Waals surface area contributed by atoms with Crippen molar-refractivity contribution in [2.75, 3.05) is 17.2 Å². The molecule has 0 atom stereocenters. The molecule has 0 aliphatic heterocycles. The number of benzene rings is 2. The Labute approximate surface area is 250 Å². The number of fused-ring (bicyclic) bond motifs is 1. The minimum atomic E-state index is -0.490. The number of nitriles is 1. The second kappa shape index (κ2) is 12.5. The zero-order valence-electron chi connectivity index (χ0n) is 24.3. The van der Waals surface area contributed by atoms with Crippen LogP contribution < -0.4 is 15.4 Å². The highest BCUT2D eigenvalue weighted by Crippen LogP contribution is 2.39. The molecule has 0 fully saturated rings. The van der Waals surface area contributed by atoms with Crippen molar-refractivity contribution < 1.29 is 14.3 Å².